The molecule has 7 nitrogen and oxygen atoms in total. The van der Waals surface area contributed by atoms with Gasteiger partial charge in [-0.3, -0.25) is 4.79 Å². The highest BCUT2D eigenvalue weighted by Crippen LogP contribution is 2.15. The van der Waals surface area contributed by atoms with E-state index >= 15 is 0 Å². The molecule has 0 aliphatic heterocycles. The molecule has 0 aliphatic rings. The van der Waals surface area contributed by atoms with Crippen molar-refractivity contribution in [1.29, 1.82) is 0 Å². The summed E-state index contributed by atoms with van der Waals surface area (Å²) in [4.78, 5) is 15.6. The average Bonchev–Trinajstić information content (AvgIpc) is 2.48. The number of ether oxygens (including phenoxy) is 1. The molecule has 2 rings (SSSR count). The van der Waals surface area contributed by atoms with Crippen molar-refractivity contribution in [3.8, 4) is 0 Å². The molecule has 0 atom stereocenters. The van der Waals surface area contributed by atoms with Gasteiger partial charge in [-0.15, -0.1) is 5.10 Å². The van der Waals surface area contributed by atoms with Gasteiger partial charge < -0.3 is 15.4 Å². The van der Waals surface area contributed by atoms with E-state index < -0.39 is 0 Å². The molecule has 0 fully saturated rings. The summed E-state index contributed by atoms with van der Waals surface area (Å²) in [6.07, 6.45) is 1.53. The number of aromatic nitrogens is 3. The van der Waals surface area contributed by atoms with Crippen molar-refractivity contribution in [1.82, 2.24) is 15.2 Å². The average molecular weight is 287 g/mol. The normalized spacial score (nSPS) is 10.2. The van der Waals surface area contributed by atoms with Crippen LogP contribution in [0.5, 0.6) is 0 Å². The Morgan fingerprint density at radius 1 is 1.38 bits per heavy atom. The molecule has 2 aromatic rings. The summed E-state index contributed by atoms with van der Waals surface area (Å²) in [7, 11) is 1.63. The second kappa shape index (κ2) is 7.30. The molecule has 0 unspecified atom stereocenters. The Hall–Kier alpha value is -2.54. The zero-order valence-electron chi connectivity index (χ0n) is 12.0. The lowest BCUT2D eigenvalue weighted by molar-refractivity contribution is 0.101. The molecule has 1 aromatic carbocycles. The second-order valence-electron chi connectivity index (χ2n) is 4.35. The van der Waals surface area contributed by atoms with Crippen molar-refractivity contribution in [3.63, 3.8) is 0 Å². The maximum Gasteiger partial charge on any atom is 0.249 e. The van der Waals surface area contributed by atoms with E-state index in [0.29, 0.717) is 30.5 Å². The predicted octanol–water partition coefficient (Wildman–Crippen LogP) is 1.88. The second-order valence-corrected chi connectivity index (χ2v) is 4.35. The molecular weight excluding hydrogens is 270 g/mol. The third-order valence-electron chi connectivity index (χ3n) is 2.70. The molecule has 0 spiro atoms. The van der Waals surface area contributed by atoms with E-state index in [1.54, 1.807) is 25.3 Å². The number of ketones is 1. The Morgan fingerprint density at radius 2 is 2.24 bits per heavy atom. The lowest BCUT2D eigenvalue weighted by Gasteiger charge is -2.08. The molecule has 0 saturated carbocycles. The molecule has 0 saturated heterocycles. The van der Waals surface area contributed by atoms with Gasteiger partial charge in [0.1, 0.15) is 0 Å². The van der Waals surface area contributed by atoms with Gasteiger partial charge in [-0.25, -0.2) is 0 Å². The number of carbonyl (C=O) groups excluding carboxylic acids is 1. The molecule has 110 valence electrons. The third-order valence-corrected chi connectivity index (χ3v) is 2.70. The summed E-state index contributed by atoms with van der Waals surface area (Å²) in [6.45, 7) is 2.74. The number of anilines is 3. The minimum atomic E-state index is 0.00711. The van der Waals surface area contributed by atoms with Crippen molar-refractivity contribution in [2.24, 2.45) is 0 Å². The fourth-order valence-electron chi connectivity index (χ4n) is 1.67. The zero-order valence-corrected chi connectivity index (χ0v) is 12.0. The Balaban J connectivity index is 2.07. The molecule has 1 heterocycles. The van der Waals surface area contributed by atoms with Crippen LogP contribution in [-0.2, 0) is 4.74 Å². The van der Waals surface area contributed by atoms with Gasteiger partial charge >= 0.3 is 0 Å². The van der Waals surface area contributed by atoms with Gasteiger partial charge in [0.05, 0.1) is 12.8 Å². The highest BCUT2D eigenvalue weighted by Gasteiger charge is 2.04. The predicted molar refractivity (Wildman–Crippen MR) is 79.9 cm³/mol. The number of hydrogen-bond acceptors (Lipinski definition) is 7. The fourth-order valence-corrected chi connectivity index (χ4v) is 1.67. The van der Waals surface area contributed by atoms with Gasteiger partial charge in [0.2, 0.25) is 5.95 Å². The van der Waals surface area contributed by atoms with Crippen LogP contribution < -0.4 is 10.6 Å². The number of benzene rings is 1. The van der Waals surface area contributed by atoms with Gasteiger partial charge in [0.15, 0.2) is 11.6 Å². The fraction of sp³-hybridized carbons (Fsp3) is 0.286. The smallest absolute Gasteiger partial charge is 0.249 e. The number of methoxy groups -OCH3 is 1. The number of nitrogens with zero attached hydrogens (tertiary/aromatic N) is 3. The first kappa shape index (κ1) is 14.9. The van der Waals surface area contributed by atoms with Crippen LogP contribution in [0.1, 0.15) is 17.3 Å². The van der Waals surface area contributed by atoms with Crippen LogP contribution in [0.4, 0.5) is 17.5 Å². The molecule has 0 radical (unpaired) electrons. The minimum absolute atomic E-state index is 0.00711. The topological polar surface area (TPSA) is 89.0 Å². The molecule has 1 aromatic heterocycles. The lowest BCUT2D eigenvalue weighted by Crippen LogP contribution is -2.10. The Morgan fingerprint density at radius 3 is 3.00 bits per heavy atom. The molecular formula is C14H17N5O2. The summed E-state index contributed by atoms with van der Waals surface area (Å²) >= 11 is 0. The van der Waals surface area contributed by atoms with Crippen molar-refractivity contribution < 1.29 is 9.53 Å². The van der Waals surface area contributed by atoms with Crippen LogP contribution in [0.3, 0.4) is 0 Å². The van der Waals surface area contributed by atoms with Crippen molar-refractivity contribution in [2.45, 2.75) is 6.92 Å². The summed E-state index contributed by atoms with van der Waals surface area (Å²) in [5.41, 5.74) is 1.36. The van der Waals surface area contributed by atoms with E-state index in [0.717, 1.165) is 5.69 Å². The quantitative estimate of drug-likeness (QED) is 0.593. The summed E-state index contributed by atoms with van der Waals surface area (Å²) in [6, 6.07) is 7.14. The Labute approximate surface area is 122 Å². The van der Waals surface area contributed by atoms with Crippen molar-refractivity contribution in [2.75, 3.05) is 30.9 Å². The maximum atomic E-state index is 11.4. The Bertz CT molecular complexity index is 618. The molecule has 2 N–H and O–H groups in total. The first-order chi connectivity index (χ1) is 10.2. The highest BCUT2D eigenvalue weighted by molar-refractivity contribution is 5.95. The van der Waals surface area contributed by atoms with Crippen LogP contribution in [0.15, 0.2) is 30.5 Å². The van der Waals surface area contributed by atoms with E-state index in [-0.39, 0.29) is 5.78 Å². The van der Waals surface area contributed by atoms with Crippen molar-refractivity contribution in [3.05, 3.63) is 36.0 Å². The van der Waals surface area contributed by atoms with Gasteiger partial charge in [-0.05, 0) is 19.1 Å². The number of hydrogen-bond donors (Lipinski definition) is 2. The molecule has 0 aliphatic carbocycles. The van der Waals surface area contributed by atoms with Gasteiger partial charge in [0.25, 0.3) is 0 Å². The van der Waals surface area contributed by atoms with E-state index in [9.17, 15) is 4.79 Å². The van der Waals surface area contributed by atoms with E-state index in [2.05, 4.69) is 25.8 Å². The Kier molecular flexibility index (Phi) is 5.16. The van der Waals surface area contributed by atoms with Crippen LogP contribution >= 0.6 is 0 Å². The molecule has 0 bridgehead atoms. The van der Waals surface area contributed by atoms with Crippen LogP contribution in [0.25, 0.3) is 0 Å². The largest absolute Gasteiger partial charge is 0.383 e. The van der Waals surface area contributed by atoms with Crippen LogP contribution in [-0.4, -0.2) is 41.2 Å². The third kappa shape index (κ3) is 4.50. The molecule has 7 heteroatoms. The van der Waals surface area contributed by atoms with Gasteiger partial charge in [-0.2, -0.15) is 10.1 Å². The van der Waals surface area contributed by atoms with Crippen molar-refractivity contribution >= 4 is 23.2 Å². The highest BCUT2D eigenvalue weighted by atomic mass is 16.5. The zero-order chi connectivity index (χ0) is 15.1. The first-order valence-electron chi connectivity index (χ1n) is 6.49. The summed E-state index contributed by atoms with van der Waals surface area (Å²) in [5, 5.41) is 13.9. The van der Waals surface area contributed by atoms with E-state index in [1.165, 1.54) is 13.1 Å². The standard InChI is InChI=1S/C14H17N5O2/c1-10(20)11-4-3-5-12(8-11)17-14-18-13(9-16-19-14)15-6-7-21-2/h3-5,8-9H,6-7H2,1-2H3,(H2,15,17,18,19). The van der Waals surface area contributed by atoms with E-state index in [4.69, 9.17) is 4.74 Å². The monoisotopic (exact) mass is 287 g/mol. The lowest BCUT2D eigenvalue weighted by atomic mass is 10.1. The number of carbonyl (C=O) groups is 1. The number of Topliss-reactive ketones (excluding diaryl/α,β-unsaturated/α-hetero) is 1. The maximum absolute atomic E-state index is 11.4. The van der Waals surface area contributed by atoms with Crippen LogP contribution in [0, 0.1) is 0 Å². The van der Waals surface area contributed by atoms with E-state index in [1.807, 2.05) is 6.07 Å². The number of rotatable bonds is 7. The number of nitrogens with one attached hydrogen (secondary N) is 2. The SMILES string of the molecule is COCCNc1cnnc(Nc2cccc(C(C)=O)c2)n1. The van der Waals surface area contributed by atoms with Crippen LogP contribution in [0.2, 0.25) is 0 Å². The molecule has 0 amide bonds. The summed E-state index contributed by atoms with van der Waals surface area (Å²) < 4.78 is 4.95. The van der Waals surface area contributed by atoms with Gasteiger partial charge in [0, 0.05) is 24.9 Å². The van der Waals surface area contributed by atoms with Gasteiger partial charge in [-0.1, -0.05) is 12.1 Å². The summed E-state index contributed by atoms with van der Waals surface area (Å²) in [5.74, 6) is 0.970. The minimum Gasteiger partial charge on any atom is -0.383 e. The first-order valence-corrected chi connectivity index (χ1v) is 6.49. The molecule has 21 heavy (non-hydrogen) atoms.